The average molecular weight is 457 g/mol. The summed E-state index contributed by atoms with van der Waals surface area (Å²) in [6.45, 7) is 2.54. The summed E-state index contributed by atoms with van der Waals surface area (Å²) in [5.74, 6) is 1.19. The molecule has 2 aromatic heterocycles. The zero-order chi connectivity index (χ0) is 23.5. The summed E-state index contributed by atoms with van der Waals surface area (Å²) in [7, 11) is 0. The van der Waals surface area contributed by atoms with Crippen LogP contribution in [0.25, 0.3) is 22.5 Å². The van der Waals surface area contributed by atoms with Gasteiger partial charge < -0.3 is 15.2 Å². The Morgan fingerprint density at radius 1 is 1.03 bits per heavy atom. The molecule has 3 heterocycles. The normalized spacial score (nSPS) is 13.2. The molecule has 10 nitrogen and oxygen atoms in total. The SMILES string of the molecule is CCCCc1nc2c(n1Cc1ccc(-c3ccccc3-c3nn[nH]n3)cc1)NC(=O)CNC2=O. The Kier molecular flexibility index (Phi) is 5.86. The molecule has 0 fully saturated rings. The van der Waals surface area contributed by atoms with E-state index in [1.807, 2.05) is 53.1 Å². The fourth-order valence-electron chi connectivity index (χ4n) is 4.08. The molecule has 2 aromatic carbocycles. The molecule has 4 aromatic rings. The minimum Gasteiger partial charge on any atom is -0.341 e. The number of nitrogens with one attached hydrogen (secondary N) is 3. The van der Waals surface area contributed by atoms with Crippen LogP contribution in [0.5, 0.6) is 0 Å². The number of nitrogens with zero attached hydrogens (tertiary/aromatic N) is 5. The van der Waals surface area contributed by atoms with Gasteiger partial charge in [-0.2, -0.15) is 5.21 Å². The number of carbonyl (C=O) groups is 2. The number of hydrogen-bond donors (Lipinski definition) is 3. The lowest BCUT2D eigenvalue weighted by atomic mass is 9.98. The number of H-pyrrole nitrogens is 1. The van der Waals surface area contributed by atoms with Crippen molar-refractivity contribution >= 4 is 17.6 Å². The number of benzene rings is 2. The van der Waals surface area contributed by atoms with Crippen molar-refractivity contribution in [2.24, 2.45) is 0 Å². The number of anilines is 1. The molecule has 0 saturated heterocycles. The molecule has 34 heavy (non-hydrogen) atoms. The largest absolute Gasteiger partial charge is 0.341 e. The van der Waals surface area contributed by atoms with E-state index in [1.54, 1.807) is 0 Å². The van der Waals surface area contributed by atoms with Crippen LogP contribution >= 0.6 is 0 Å². The van der Waals surface area contributed by atoms with Gasteiger partial charge in [0.25, 0.3) is 5.91 Å². The first-order valence-electron chi connectivity index (χ1n) is 11.2. The predicted molar refractivity (Wildman–Crippen MR) is 126 cm³/mol. The predicted octanol–water partition coefficient (Wildman–Crippen LogP) is 2.80. The highest BCUT2D eigenvalue weighted by Crippen LogP contribution is 2.30. The lowest BCUT2D eigenvalue weighted by Gasteiger charge is -2.13. The summed E-state index contributed by atoms with van der Waals surface area (Å²) < 4.78 is 1.94. The number of amides is 2. The minimum absolute atomic E-state index is 0.0615. The lowest BCUT2D eigenvalue weighted by Crippen LogP contribution is -2.29. The van der Waals surface area contributed by atoms with E-state index >= 15 is 0 Å². The molecule has 0 bridgehead atoms. The number of aromatic amines is 1. The summed E-state index contributed by atoms with van der Waals surface area (Å²) in [4.78, 5) is 29.2. The number of fused-ring (bicyclic) bond motifs is 1. The summed E-state index contributed by atoms with van der Waals surface area (Å²) >= 11 is 0. The van der Waals surface area contributed by atoms with Gasteiger partial charge in [-0.15, -0.1) is 10.2 Å². The van der Waals surface area contributed by atoms with Crippen molar-refractivity contribution in [3.63, 3.8) is 0 Å². The Balaban J connectivity index is 1.47. The first kappa shape index (κ1) is 21.5. The molecular formula is C24H24N8O2. The maximum absolute atomic E-state index is 12.5. The molecule has 0 aliphatic carbocycles. The molecule has 0 saturated carbocycles. The lowest BCUT2D eigenvalue weighted by molar-refractivity contribution is -0.115. The van der Waals surface area contributed by atoms with Gasteiger partial charge >= 0.3 is 0 Å². The van der Waals surface area contributed by atoms with Crippen molar-refractivity contribution in [3.05, 3.63) is 65.6 Å². The minimum atomic E-state index is -0.335. The third-order valence-electron chi connectivity index (χ3n) is 5.80. The van der Waals surface area contributed by atoms with Gasteiger partial charge in [-0.3, -0.25) is 9.59 Å². The van der Waals surface area contributed by atoms with Crippen LogP contribution in [0.4, 0.5) is 5.82 Å². The van der Waals surface area contributed by atoms with Crippen LogP contribution in [-0.2, 0) is 17.8 Å². The quantitative estimate of drug-likeness (QED) is 0.392. The molecule has 3 N–H and O–H groups in total. The highest BCUT2D eigenvalue weighted by Gasteiger charge is 2.27. The molecule has 5 rings (SSSR count). The van der Waals surface area contributed by atoms with Crippen LogP contribution < -0.4 is 10.6 Å². The maximum atomic E-state index is 12.5. The van der Waals surface area contributed by atoms with Crippen molar-refractivity contribution in [3.8, 4) is 22.5 Å². The molecule has 2 amide bonds. The van der Waals surface area contributed by atoms with Crippen LogP contribution in [0.2, 0.25) is 0 Å². The van der Waals surface area contributed by atoms with Crippen LogP contribution in [0.1, 0.15) is 41.6 Å². The molecule has 0 atom stereocenters. The molecule has 0 unspecified atom stereocenters. The average Bonchev–Trinajstić information content (AvgIpc) is 3.48. The number of aryl methyl sites for hydroxylation is 1. The van der Waals surface area contributed by atoms with Crippen molar-refractivity contribution in [2.45, 2.75) is 32.7 Å². The number of imidazole rings is 1. The smallest absolute Gasteiger partial charge is 0.274 e. The van der Waals surface area contributed by atoms with Gasteiger partial charge in [-0.25, -0.2) is 4.98 Å². The zero-order valence-electron chi connectivity index (χ0n) is 18.7. The van der Waals surface area contributed by atoms with Crippen LogP contribution in [0.15, 0.2) is 48.5 Å². The van der Waals surface area contributed by atoms with E-state index in [4.69, 9.17) is 0 Å². The third-order valence-corrected chi connectivity index (χ3v) is 5.80. The highest BCUT2D eigenvalue weighted by molar-refractivity contribution is 6.06. The summed E-state index contributed by atoms with van der Waals surface area (Å²) in [6.07, 6.45) is 2.67. The van der Waals surface area contributed by atoms with Gasteiger partial charge in [0.2, 0.25) is 11.7 Å². The van der Waals surface area contributed by atoms with Crippen LogP contribution in [0.3, 0.4) is 0 Å². The number of aromatic nitrogens is 6. The molecule has 0 radical (unpaired) electrons. The Morgan fingerprint density at radius 3 is 2.56 bits per heavy atom. The van der Waals surface area contributed by atoms with Crippen molar-refractivity contribution < 1.29 is 9.59 Å². The van der Waals surface area contributed by atoms with Crippen LogP contribution in [-0.4, -0.2) is 48.5 Å². The van der Waals surface area contributed by atoms with Gasteiger partial charge in [0, 0.05) is 12.0 Å². The molecule has 1 aliphatic heterocycles. The first-order valence-corrected chi connectivity index (χ1v) is 11.2. The van der Waals surface area contributed by atoms with E-state index in [9.17, 15) is 9.59 Å². The second-order valence-corrected chi connectivity index (χ2v) is 8.12. The van der Waals surface area contributed by atoms with Crippen molar-refractivity contribution in [1.82, 2.24) is 35.5 Å². The van der Waals surface area contributed by atoms with Gasteiger partial charge in [0.05, 0.1) is 13.1 Å². The fraction of sp³-hybridized carbons (Fsp3) is 0.250. The Labute approximate surface area is 195 Å². The summed E-state index contributed by atoms with van der Waals surface area (Å²) in [6, 6.07) is 16.1. The van der Waals surface area contributed by atoms with E-state index in [1.165, 1.54) is 0 Å². The highest BCUT2D eigenvalue weighted by atomic mass is 16.2. The number of carbonyl (C=O) groups excluding carboxylic acids is 2. The maximum Gasteiger partial charge on any atom is 0.274 e. The van der Waals surface area contributed by atoms with Crippen molar-refractivity contribution in [2.75, 3.05) is 11.9 Å². The van der Waals surface area contributed by atoms with E-state index < -0.39 is 0 Å². The third kappa shape index (κ3) is 4.17. The van der Waals surface area contributed by atoms with Gasteiger partial charge in [0.15, 0.2) is 5.69 Å². The second kappa shape index (κ2) is 9.26. The Hall–Kier alpha value is -4.34. The second-order valence-electron chi connectivity index (χ2n) is 8.12. The molecule has 172 valence electrons. The Bertz CT molecular complexity index is 1330. The summed E-state index contributed by atoms with van der Waals surface area (Å²) in [5, 5.41) is 19.9. The van der Waals surface area contributed by atoms with E-state index in [0.717, 1.165) is 47.3 Å². The van der Waals surface area contributed by atoms with E-state index in [0.29, 0.717) is 18.2 Å². The van der Waals surface area contributed by atoms with Gasteiger partial charge in [0.1, 0.15) is 11.6 Å². The van der Waals surface area contributed by atoms with Gasteiger partial charge in [-0.05, 0) is 28.3 Å². The summed E-state index contributed by atoms with van der Waals surface area (Å²) in [5.41, 5.74) is 4.20. The fourth-order valence-corrected chi connectivity index (χ4v) is 4.08. The molecule has 0 spiro atoms. The molecule has 1 aliphatic rings. The zero-order valence-corrected chi connectivity index (χ0v) is 18.7. The number of rotatable bonds is 7. The van der Waals surface area contributed by atoms with E-state index in [2.05, 4.69) is 43.2 Å². The number of tetrazole rings is 1. The van der Waals surface area contributed by atoms with Crippen LogP contribution in [0, 0.1) is 0 Å². The first-order chi connectivity index (χ1) is 16.6. The number of unbranched alkanes of at least 4 members (excludes halogenated alkanes) is 1. The topological polar surface area (TPSA) is 130 Å². The number of hydrogen-bond acceptors (Lipinski definition) is 6. The van der Waals surface area contributed by atoms with E-state index in [-0.39, 0.29) is 24.1 Å². The van der Waals surface area contributed by atoms with Gasteiger partial charge in [-0.1, -0.05) is 61.9 Å². The molecule has 10 heteroatoms. The Morgan fingerprint density at radius 2 is 1.82 bits per heavy atom. The standard InChI is InChI=1S/C24H24N8O2/c1-2-3-8-19-26-21-23(27-20(33)13-25-24(21)34)32(19)14-15-9-11-16(12-10-15)17-6-4-5-7-18(17)22-28-30-31-29-22/h4-7,9-12H,2-3,8,13-14H2,1H3,(H,25,34)(H,27,33)(H,28,29,30,31). The van der Waals surface area contributed by atoms with Crippen molar-refractivity contribution in [1.29, 1.82) is 0 Å². The monoisotopic (exact) mass is 456 g/mol. The molecular weight excluding hydrogens is 432 g/mol.